The van der Waals surface area contributed by atoms with Gasteiger partial charge in [0.25, 0.3) is 0 Å². The molecule has 23 heavy (non-hydrogen) atoms. The average molecular weight is 322 g/mol. The first kappa shape index (κ1) is 16.5. The Bertz CT molecular complexity index is 654. The smallest absolute Gasteiger partial charge is 0.335 e. The maximum atomic E-state index is 12.5. The Morgan fingerprint density at radius 1 is 1.00 bits per heavy atom. The highest BCUT2D eigenvalue weighted by Gasteiger charge is 2.67. The van der Waals surface area contributed by atoms with E-state index in [2.05, 4.69) is 14.2 Å². The van der Waals surface area contributed by atoms with Crippen molar-refractivity contribution in [3.05, 3.63) is 29.8 Å². The second-order valence-electron chi connectivity index (χ2n) is 4.66. The summed E-state index contributed by atoms with van der Waals surface area (Å²) in [5, 5.41) is 0. The fourth-order valence-corrected chi connectivity index (χ4v) is 2.60. The number of benzene rings is 1. The topological polar surface area (TPSA) is 105 Å². The van der Waals surface area contributed by atoms with E-state index in [1.807, 2.05) is 0 Å². The number of ether oxygens (including phenoxy) is 4. The minimum absolute atomic E-state index is 0.0395. The zero-order valence-corrected chi connectivity index (χ0v) is 12.7. The van der Waals surface area contributed by atoms with E-state index in [-0.39, 0.29) is 11.3 Å². The van der Waals surface area contributed by atoms with Gasteiger partial charge in [0, 0.05) is 5.56 Å². The van der Waals surface area contributed by atoms with Crippen molar-refractivity contribution in [3.8, 4) is 5.75 Å². The Kier molecular flexibility index (Phi) is 4.35. The van der Waals surface area contributed by atoms with Crippen LogP contribution in [-0.2, 0) is 38.8 Å². The van der Waals surface area contributed by atoms with Crippen molar-refractivity contribution < 1.29 is 38.1 Å². The van der Waals surface area contributed by atoms with E-state index in [1.54, 1.807) is 6.07 Å². The molecule has 0 spiro atoms. The zero-order chi connectivity index (χ0) is 17.2. The molecule has 1 aliphatic heterocycles. The van der Waals surface area contributed by atoms with Crippen LogP contribution in [-0.4, -0.2) is 45.2 Å². The lowest BCUT2D eigenvalue weighted by molar-refractivity contribution is -0.175. The molecule has 1 heterocycles. The molecule has 1 aliphatic rings. The van der Waals surface area contributed by atoms with Crippen molar-refractivity contribution in [1.29, 1.82) is 0 Å². The fraction of sp³-hybridized carbons (Fsp3) is 0.333. The summed E-state index contributed by atoms with van der Waals surface area (Å²) in [5.74, 6) is -6.28. The summed E-state index contributed by atoms with van der Waals surface area (Å²) in [4.78, 5) is 49.2. The van der Waals surface area contributed by atoms with Crippen molar-refractivity contribution in [2.45, 2.75) is 5.41 Å². The number of carbonyl (C=O) groups is 4. The molecule has 0 bridgehead atoms. The molecule has 1 aromatic carbocycles. The monoisotopic (exact) mass is 322 g/mol. The van der Waals surface area contributed by atoms with Crippen molar-refractivity contribution in [1.82, 2.24) is 0 Å². The molecule has 122 valence electrons. The van der Waals surface area contributed by atoms with Crippen LogP contribution in [0.2, 0.25) is 0 Å². The van der Waals surface area contributed by atoms with Crippen LogP contribution in [0.4, 0.5) is 0 Å². The standard InChI is InChI=1S/C15H14O8/c1-20-11(16)10(12(17)21-2)15(13(18)22-3)8-6-4-5-7-9(8)23-14(15)19/h4-7,10H,1-3H3. The lowest BCUT2D eigenvalue weighted by atomic mass is 9.70. The van der Waals surface area contributed by atoms with Gasteiger partial charge in [0.1, 0.15) is 5.75 Å². The van der Waals surface area contributed by atoms with Gasteiger partial charge in [-0.05, 0) is 6.07 Å². The fourth-order valence-electron chi connectivity index (χ4n) is 2.60. The van der Waals surface area contributed by atoms with Crippen LogP contribution in [0.5, 0.6) is 5.75 Å². The lowest BCUT2D eigenvalue weighted by Crippen LogP contribution is -2.55. The molecule has 8 heteroatoms. The highest BCUT2D eigenvalue weighted by atomic mass is 16.6. The van der Waals surface area contributed by atoms with E-state index >= 15 is 0 Å². The van der Waals surface area contributed by atoms with Crippen molar-refractivity contribution in [2.24, 2.45) is 5.92 Å². The summed E-state index contributed by atoms with van der Waals surface area (Å²) in [6, 6.07) is 5.94. The zero-order valence-electron chi connectivity index (χ0n) is 12.7. The Balaban J connectivity index is 2.79. The maximum absolute atomic E-state index is 12.5. The van der Waals surface area contributed by atoms with Gasteiger partial charge < -0.3 is 18.9 Å². The minimum Gasteiger partial charge on any atom is -0.468 e. The summed E-state index contributed by atoms with van der Waals surface area (Å²) in [6.07, 6.45) is 0. The molecule has 0 N–H and O–H groups in total. The second kappa shape index (κ2) is 6.07. The number of esters is 4. The Hall–Kier alpha value is -2.90. The van der Waals surface area contributed by atoms with Gasteiger partial charge in [0.15, 0.2) is 5.92 Å². The molecule has 1 unspecified atom stereocenters. The molecule has 0 fully saturated rings. The number of methoxy groups -OCH3 is 3. The largest absolute Gasteiger partial charge is 0.468 e. The van der Waals surface area contributed by atoms with E-state index in [0.717, 1.165) is 21.3 Å². The number of para-hydroxylation sites is 1. The molecular weight excluding hydrogens is 308 g/mol. The normalized spacial score (nSPS) is 18.9. The third kappa shape index (κ3) is 2.23. The van der Waals surface area contributed by atoms with Crippen LogP contribution in [0.15, 0.2) is 24.3 Å². The molecule has 0 amide bonds. The van der Waals surface area contributed by atoms with Crippen molar-refractivity contribution in [2.75, 3.05) is 21.3 Å². The summed E-state index contributed by atoms with van der Waals surface area (Å²) in [5.41, 5.74) is -2.27. The maximum Gasteiger partial charge on any atom is 0.335 e. The molecule has 8 nitrogen and oxygen atoms in total. The average Bonchev–Trinajstić information content (AvgIpc) is 2.87. The molecule has 0 radical (unpaired) electrons. The van der Waals surface area contributed by atoms with Crippen LogP contribution >= 0.6 is 0 Å². The molecule has 0 aromatic heterocycles. The van der Waals surface area contributed by atoms with Gasteiger partial charge in [0.2, 0.25) is 5.41 Å². The van der Waals surface area contributed by atoms with E-state index in [0.29, 0.717) is 0 Å². The predicted molar refractivity (Wildman–Crippen MR) is 73.3 cm³/mol. The summed E-state index contributed by atoms with van der Waals surface area (Å²) < 4.78 is 18.9. The first-order valence-corrected chi connectivity index (χ1v) is 6.51. The first-order chi connectivity index (χ1) is 10.9. The predicted octanol–water partition coefficient (Wildman–Crippen LogP) is -0.0214. The van der Waals surface area contributed by atoms with E-state index < -0.39 is 35.2 Å². The Morgan fingerprint density at radius 3 is 2.09 bits per heavy atom. The van der Waals surface area contributed by atoms with Crippen LogP contribution in [0.3, 0.4) is 0 Å². The SMILES string of the molecule is COC(=O)C(C(=O)OC)C1(C(=O)OC)C(=O)Oc2ccccc21. The molecular formula is C15H14O8. The lowest BCUT2D eigenvalue weighted by Gasteiger charge is -2.28. The van der Waals surface area contributed by atoms with Crippen LogP contribution < -0.4 is 4.74 Å². The van der Waals surface area contributed by atoms with Crippen molar-refractivity contribution >= 4 is 23.9 Å². The highest BCUT2D eigenvalue weighted by molar-refractivity contribution is 6.18. The third-order valence-corrected chi connectivity index (χ3v) is 3.65. The minimum atomic E-state index is -2.31. The van der Waals surface area contributed by atoms with E-state index in [1.165, 1.54) is 18.2 Å². The Labute approximate surface area is 131 Å². The van der Waals surface area contributed by atoms with Crippen LogP contribution in [0.25, 0.3) is 0 Å². The molecule has 1 aromatic rings. The molecule has 2 rings (SSSR count). The van der Waals surface area contributed by atoms with Gasteiger partial charge in [-0.3, -0.25) is 14.4 Å². The van der Waals surface area contributed by atoms with Gasteiger partial charge in [-0.2, -0.15) is 0 Å². The molecule has 0 saturated carbocycles. The summed E-state index contributed by atoms with van der Waals surface area (Å²) >= 11 is 0. The first-order valence-electron chi connectivity index (χ1n) is 6.51. The van der Waals surface area contributed by atoms with Gasteiger partial charge in [0.05, 0.1) is 21.3 Å². The van der Waals surface area contributed by atoms with Gasteiger partial charge >= 0.3 is 23.9 Å². The van der Waals surface area contributed by atoms with E-state index in [9.17, 15) is 19.2 Å². The van der Waals surface area contributed by atoms with Crippen LogP contribution in [0, 0.1) is 5.92 Å². The van der Waals surface area contributed by atoms with E-state index in [4.69, 9.17) is 4.74 Å². The number of carbonyl (C=O) groups excluding carboxylic acids is 4. The number of hydrogen-bond donors (Lipinski definition) is 0. The quantitative estimate of drug-likeness (QED) is 0.329. The number of hydrogen-bond acceptors (Lipinski definition) is 8. The third-order valence-electron chi connectivity index (χ3n) is 3.65. The van der Waals surface area contributed by atoms with Gasteiger partial charge in [-0.15, -0.1) is 0 Å². The van der Waals surface area contributed by atoms with Crippen molar-refractivity contribution in [3.63, 3.8) is 0 Å². The summed E-state index contributed by atoms with van der Waals surface area (Å²) in [6.45, 7) is 0. The highest BCUT2D eigenvalue weighted by Crippen LogP contribution is 2.46. The molecule has 0 aliphatic carbocycles. The molecule has 1 atom stereocenters. The molecule has 0 saturated heterocycles. The Morgan fingerprint density at radius 2 is 1.57 bits per heavy atom. The summed E-state index contributed by atoms with van der Waals surface area (Å²) in [7, 11) is 3.08. The van der Waals surface area contributed by atoms with Gasteiger partial charge in [-0.25, -0.2) is 4.79 Å². The number of rotatable bonds is 4. The van der Waals surface area contributed by atoms with Crippen LogP contribution in [0.1, 0.15) is 5.56 Å². The second-order valence-corrected chi connectivity index (χ2v) is 4.66. The number of fused-ring (bicyclic) bond motifs is 1. The van der Waals surface area contributed by atoms with Gasteiger partial charge in [-0.1, -0.05) is 18.2 Å².